The first-order valence-corrected chi connectivity index (χ1v) is 9.00. The number of aliphatic hydroxyl groups is 1. The minimum atomic E-state index is -0.901. The Balaban J connectivity index is 2.03. The van der Waals surface area contributed by atoms with Gasteiger partial charge in [0.2, 0.25) is 5.90 Å². The molecule has 0 aromatic heterocycles. The second-order valence-electron chi connectivity index (χ2n) is 6.14. The number of ether oxygens (including phenoxy) is 1. The number of halogens is 2. The molecule has 3 rings (SSSR count). The lowest BCUT2D eigenvalue weighted by Gasteiger charge is -2.39. The summed E-state index contributed by atoms with van der Waals surface area (Å²) in [7, 11) is 0. The number of hydrogen-bond acceptors (Lipinski definition) is 3. The van der Waals surface area contributed by atoms with Gasteiger partial charge in [-0.15, -0.1) is 0 Å². The molecule has 1 heterocycles. The predicted octanol–water partition coefficient (Wildman–Crippen LogP) is 5.38. The third-order valence-corrected chi connectivity index (χ3v) is 6.42. The second kappa shape index (κ2) is 5.80. The summed E-state index contributed by atoms with van der Waals surface area (Å²) in [6.07, 6.45) is 3.58. The SMILES string of the molecule is CCCC1=C(I)C(C)(O)C2(CC2)C(=Nc2ccc(Cl)cc2)O1. The van der Waals surface area contributed by atoms with E-state index in [0.717, 1.165) is 40.7 Å². The Morgan fingerprint density at radius 1 is 1.32 bits per heavy atom. The van der Waals surface area contributed by atoms with Gasteiger partial charge < -0.3 is 9.84 Å². The van der Waals surface area contributed by atoms with E-state index >= 15 is 0 Å². The predicted molar refractivity (Wildman–Crippen MR) is 97.9 cm³/mol. The standard InChI is InChI=1S/C17H19ClINO2/c1-3-4-13-14(19)16(2,21)17(9-10-17)15(22-13)20-12-7-5-11(18)6-8-12/h5-8,21H,3-4,9-10H2,1-2H3. The van der Waals surface area contributed by atoms with Gasteiger partial charge in [0.1, 0.15) is 11.4 Å². The molecule has 1 aromatic rings. The molecular weight excluding hydrogens is 413 g/mol. The fourth-order valence-electron chi connectivity index (χ4n) is 2.93. The number of rotatable bonds is 3. The first-order chi connectivity index (χ1) is 10.4. The van der Waals surface area contributed by atoms with Gasteiger partial charge in [-0.05, 0) is 73.0 Å². The van der Waals surface area contributed by atoms with Gasteiger partial charge in [-0.25, -0.2) is 4.99 Å². The molecular formula is C17H19ClINO2. The smallest absolute Gasteiger partial charge is 0.204 e. The van der Waals surface area contributed by atoms with Crippen molar-refractivity contribution >= 4 is 45.8 Å². The minimum Gasteiger partial charge on any atom is -0.446 e. The van der Waals surface area contributed by atoms with E-state index in [1.165, 1.54) is 0 Å². The van der Waals surface area contributed by atoms with Crippen LogP contribution in [-0.2, 0) is 4.74 Å². The van der Waals surface area contributed by atoms with Gasteiger partial charge in [-0.3, -0.25) is 0 Å². The van der Waals surface area contributed by atoms with Gasteiger partial charge in [0.25, 0.3) is 0 Å². The summed E-state index contributed by atoms with van der Waals surface area (Å²) < 4.78 is 7.03. The number of aliphatic imine (C=N–C) groups is 1. The Bertz CT molecular complexity index is 645. The van der Waals surface area contributed by atoms with Gasteiger partial charge in [0.15, 0.2) is 0 Å². The zero-order valence-corrected chi connectivity index (χ0v) is 15.6. The number of nitrogens with zero attached hydrogens (tertiary/aromatic N) is 1. The van der Waals surface area contributed by atoms with E-state index in [1.54, 1.807) is 0 Å². The highest BCUT2D eigenvalue weighted by Crippen LogP contribution is 2.62. The second-order valence-corrected chi connectivity index (χ2v) is 7.65. The molecule has 118 valence electrons. The number of hydrogen-bond donors (Lipinski definition) is 1. The molecule has 0 bridgehead atoms. The number of allylic oxidation sites excluding steroid dienone is 1. The zero-order chi connectivity index (χ0) is 16.0. The monoisotopic (exact) mass is 431 g/mol. The Hall–Kier alpha value is -0.590. The van der Waals surface area contributed by atoms with Gasteiger partial charge in [-0.2, -0.15) is 0 Å². The maximum Gasteiger partial charge on any atom is 0.204 e. The van der Waals surface area contributed by atoms with E-state index in [0.29, 0.717) is 10.9 Å². The summed E-state index contributed by atoms with van der Waals surface area (Å²) in [6.45, 7) is 3.99. The molecule has 5 heteroatoms. The van der Waals surface area contributed by atoms with Crippen molar-refractivity contribution in [1.82, 2.24) is 0 Å². The van der Waals surface area contributed by atoms with Gasteiger partial charge >= 0.3 is 0 Å². The lowest BCUT2D eigenvalue weighted by atomic mass is 9.82. The van der Waals surface area contributed by atoms with Crippen LogP contribution in [-0.4, -0.2) is 16.6 Å². The van der Waals surface area contributed by atoms with Crippen LogP contribution in [0.3, 0.4) is 0 Å². The Morgan fingerprint density at radius 3 is 2.50 bits per heavy atom. The summed E-state index contributed by atoms with van der Waals surface area (Å²) in [5.74, 6) is 1.49. The van der Waals surface area contributed by atoms with Crippen molar-refractivity contribution in [2.45, 2.75) is 45.1 Å². The van der Waals surface area contributed by atoms with E-state index in [1.807, 2.05) is 31.2 Å². The van der Waals surface area contributed by atoms with Crippen LogP contribution < -0.4 is 0 Å². The largest absolute Gasteiger partial charge is 0.446 e. The van der Waals surface area contributed by atoms with Crippen LogP contribution in [0.5, 0.6) is 0 Å². The highest BCUT2D eigenvalue weighted by atomic mass is 127. The van der Waals surface area contributed by atoms with Crippen molar-refractivity contribution in [2.24, 2.45) is 10.4 Å². The third kappa shape index (κ3) is 2.59. The highest BCUT2D eigenvalue weighted by molar-refractivity contribution is 14.1. The van der Waals surface area contributed by atoms with Crippen LogP contribution in [0.25, 0.3) is 0 Å². The molecule has 1 N–H and O–H groups in total. The normalized spacial score (nSPS) is 28.1. The van der Waals surface area contributed by atoms with Crippen molar-refractivity contribution < 1.29 is 9.84 Å². The maximum absolute atomic E-state index is 11.1. The van der Waals surface area contributed by atoms with Crippen LogP contribution in [0.2, 0.25) is 5.02 Å². The van der Waals surface area contributed by atoms with E-state index in [2.05, 4.69) is 34.5 Å². The fourth-order valence-corrected chi connectivity index (χ4v) is 3.95. The van der Waals surface area contributed by atoms with E-state index < -0.39 is 5.60 Å². The van der Waals surface area contributed by atoms with Crippen LogP contribution in [0, 0.1) is 5.41 Å². The zero-order valence-electron chi connectivity index (χ0n) is 12.7. The molecule has 1 spiro atoms. The molecule has 22 heavy (non-hydrogen) atoms. The van der Waals surface area contributed by atoms with Crippen molar-refractivity contribution in [3.63, 3.8) is 0 Å². The summed E-state index contributed by atoms with van der Waals surface area (Å²) in [4.78, 5) is 4.68. The lowest BCUT2D eigenvalue weighted by molar-refractivity contribution is 0.0368. The fraction of sp³-hybridized carbons (Fsp3) is 0.471. The van der Waals surface area contributed by atoms with E-state index in [9.17, 15) is 5.11 Å². The van der Waals surface area contributed by atoms with E-state index in [4.69, 9.17) is 16.3 Å². The summed E-state index contributed by atoms with van der Waals surface area (Å²) in [5.41, 5.74) is -0.476. The van der Waals surface area contributed by atoms with E-state index in [-0.39, 0.29) is 5.41 Å². The average Bonchev–Trinajstić information content (AvgIpc) is 3.28. The molecule has 1 fully saturated rings. The molecule has 3 nitrogen and oxygen atoms in total. The van der Waals surface area contributed by atoms with Crippen LogP contribution >= 0.6 is 34.2 Å². The summed E-state index contributed by atoms with van der Waals surface area (Å²) >= 11 is 8.15. The van der Waals surface area contributed by atoms with Crippen molar-refractivity contribution in [2.75, 3.05) is 0 Å². The third-order valence-electron chi connectivity index (χ3n) is 4.52. The highest BCUT2D eigenvalue weighted by Gasteiger charge is 2.65. The molecule has 0 radical (unpaired) electrons. The lowest BCUT2D eigenvalue weighted by Crippen LogP contribution is -2.46. The van der Waals surface area contributed by atoms with Crippen LogP contribution in [0.1, 0.15) is 39.5 Å². The molecule has 1 aliphatic carbocycles. The molecule has 1 aliphatic heterocycles. The van der Waals surface area contributed by atoms with Crippen LogP contribution in [0.15, 0.2) is 38.6 Å². The Labute approximate surface area is 149 Å². The topological polar surface area (TPSA) is 41.8 Å². The summed E-state index contributed by atoms with van der Waals surface area (Å²) in [6, 6.07) is 7.36. The van der Waals surface area contributed by atoms with Crippen molar-refractivity contribution in [3.8, 4) is 0 Å². The molecule has 1 unspecified atom stereocenters. The quantitative estimate of drug-likeness (QED) is 0.653. The summed E-state index contributed by atoms with van der Waals surface area (Å²) in [5, 5.41) is 11.8. The Morgan fingerprint density at radius 2 is 1.95 bits per heavy atom. The molecule has 1 saturated carbocycles. The van der Waals surface area contributed by atoms with Gasteiger partial charge in [0.05, 0.1) is 14.7 Å². The Kier molecular flexibility index (Phi) is 4.29. The number of benzene rings is 1. The van der Waals surface area contributed by atoms with Crippen LogP contribution in [0.4, 0.5) is 5.69 Å². The molecule has 1 atom stereocenters. The van der Waals surface area contributed by atoms with Gasteiger partial charge in [0, 0.05) is 11.4 Å². The maximum atomic E-state index is 11.1. The molecule has 2 aliphatic rings. The minimum absolute atomic E-state index is 0.375. The molecule has 0 saturated heterocycles. The molecule has 1 aromatic carbocycles. The van der Waals surface area contributed by atoms with Crippen molar-refractivity contribution in [3.05, 3.63) is 38.6 Å². The van der Waals surface area contributed by atoms with Crippen molar-refractivity contribution in [1.29, 1.82) is 0 Å². The first kappa shape index (κ1) is 16.3. The first-order valence-electron chi connectivity index (χ1n) is 7.55. The van der Waals surface area contributed by atoms with Gasteiger partial charge in [-0.1, -0.05) is 18.5 Å². The average molecular weight is 432 g/mol. The molecule has 0 amide bonds.